The van der Waals surface area contributed by atoms with Crippen LogP contribution in [0.25, 0.3) is 0 Å². The Kier molecular flexibility index (Phi) is 4.15. The maximum Gasteiger partial charge on any atom is 0.129 e. The lowest BCUT2D eigenvalue weighted by molar-refractivity contribution is 0.729. The molecule has 2 rings (SSSR count). The van der Waals surface area contributed by atoms with E-state index in [4.69, 9.17) is 11.6 Å². The monoisotopic (exact) mass is 277 g/mol. The Morgan fingerprint density at radius 1 is 1.32 bits per heavy atom. The SMILES string of the molecule is CCN(Cc1ncc(Cl)n1C)c1ccc(C)cc1C. The van der Waals surface area contributed by atoms with Gasteiger partial charge in [-0.15, -0.1) is 0 Å². The number of aromatic nitrogens is 2. The quantitative estimate of drug-likeness (QED) is 0.849. The number of rotatable bonds is 4. The zero-order valence-electron chi connectivity index (χ0n) is 11.9. The molecule has 0 fully saturated rings. The molecule has 0 unspecified atom stereocenters. The number of aryl methyl sites for hydroxylation is 2. The largest absolute Gasteiger partial charge is 0.364 e. The molecule has 0 saturated heterocycles. The van der Waals surface area contributed by atoms with E-state index in [2.05, 4.69) is 48.9 Å². The number of hydrogen-bond acceptors (Lipinski definition) is 2. The smallest absolute Gasteiger partial charge is 0.129 e. The molecule has 0 atom stereocenters. The van der Waals surface area contributed by atoms with Crippen LogP contribution in [0.4, 0.5) is 5.69 Å². The maximum atomic E-state index is 6.04. The van der Waals surface area contributed by atoms with E-state index >= 15 is 0 Å². The van der Waals surface area contributed by atoms with Gasteiger partial charge in [0.15, 0.2) is 0 Å². The fraction of sp³-hybridized carbons (Fsp3) is 0.400. The van der Waals surface area contributed by atoms with Crippen molar-refractivity contribution in [2.24, 2.45) is 7.05 Å². The standard InChI is InChI=1S/C15H20ClN3/c1-5-19(10-15-17-9-14(16)18(15)4)13-7-6-11(2)8-12(13)3/h6-9H,5,10H2,1-4H3. The van der Waals surface area contributed by atoms with Crippen molar-refractivity contribution in [1.82, 2.24) is 9.55 Å². The Bertz CT molecular complexity index is 575. The van der Waals surface area contributed by atoms with Crippen LogP contribution in [0.1, 0.15) is 23.9 Å². The summed E-state index contributed by atoms with van der Waals surface area (Å²) in [6.07, 6.45) is 1.70. The van der Waals surface area contributed by atoms with Crippen molar-refractivity contribution in [2.45, 2.75) is 27.3 Å². The first kappa shape index (κ1) is 13.9. The number of nitrogens with zero attached hydrogens (tertiary/aromatic N) is 3. The highest BCUT2D eigenvalue weighted by Crippen LogP contribution is 2.23. The van der Waals surface area contributed by atoms with Crippen LogP contribution in [0, 0.1) is 13.8 Å². The molecule has 1 aromatic heterocycles. The van der Waals surface area contributed by atoms with Gasteiger partial charge < -0.3 is 9.47 Å². The molecular weight excluding hydrogens is 258 g/mol. The van der Waals surface area contributed by atoms with Crippen molar-refractivity contribution in [1.29, 1.82) is 0 Å². The zero-order valence-corrected chi connectivity index (χ0v) is 12.7. The summed E-state index contributed by atoms with van der Waals surface area (Å²) in [4.78, 5) is 6.68. The third kappa shape index (κ3) is 2.92. The van der Waals surface area contributed by atoms with E-state index in [0.717, 1.165) is 18.9 Å². The van der Waals surface area contributed by atoms with E-state index in [-0.39, 0.29) is 0 Å². The molecule has 1 heterocycles. The van der Waals surface area contributed by atoms with Gasteiger partial charge in [0.1, 0.15) is 11.0 Å². The minimum absolute atomic E-state index is 0.673. The van der Waals surface area contributed by atoms with Crippen LogP contribution >= 0.6 is 11.6 Å². The molecule has 0 N–H and O–H groups in total. The lowest BCUT2D eigenvalue weighted by Crippen LogP contribution is -2.24. The van der Waals surface area contributed by atoms with Crippen molar-refractivity contribution in [3.63, 3.8) is 0 Å². The fourth-order valence-corrected chi connectivity index (χ4v) is 2.42. The van der Waals surface area contributed by atoms with Gasteiger partial charge in [0, 0.05) is 19.3 Å². The van der Waals surface area contributed by atoms with Gasteiger partial charge in [-0.25, -0.2) is 4.98 Å². The molecule has 0 spiro atoms. The van der Waals surface area contributed by atoms with E-state index in [9.17, 15) is 0 Å². The van der Waals surface area contributed by atoms with Gasteiger partial charge in [0.2, 0.25) is 0 Å². The molecule has 19 heavy (non-hydrogen) atoms. The molecule has 0 saturated carbocycles. The third-order valence-corrected chi connectivity index (χ3v) is 3.79. The third-order valence-electron chi connectivity index (χ3n) is 3.43. The number of benzene rings is 1. The molecule has 102 valence electrons. The molecule has 2 aromatic rings. The van der Waals surface area contributed by atoms with Gasteiger partial charge in [-0.05, 0) is 32.4 Å². The minimum atomic E-state index is 0.673. The normalized spacial score (nSPS) is 10.8. The summed E-state index contributed by atoms with van der Waals surface area (Å²) < 4.78 is 1.92. The molecule has 0 aliphatic rings. The Balaban J connectivity index is 2.27. The molecule has 0 aliphatic carbocycles. The van der Waals surface area contributed by atoms with Gasteiger partial charge in [-0.2, -0.15) is 0 Å². The average Bonchev–Trinajstić information content (AvgIpc) is 2.68. The van der Waals surface area contributed by atoms with Crippen LogP contribution in [0.15, 0.2) is 24.4 Å². The van der Waals surface area contributed by atoms with Crippen molar-refractivity contribution >= 4 is 17.3 Å². The second kappa shape index (κ2) is 5.66. The molecule has 3 nitrogen and oxygen atoms in total. The number of hydrogen-bond donors (Lipinski definition) is 0. The minimum Gasteiger partial charge on any atom is -0.364 e. The van der Waals surface area contributed by atoms with Crippen molar-refractivity contribution in [3.05, 3.63) is 46.5 Å². The lowest BCUT2D eigenvalue weighted by Gasteiger charge is -2.25. The topological polar surface area (TPSA) is 21.1 Å². The number of halogens is 1. The first-order valence-electron chi connectivity index (χ1n) is 6.51. The summed E-state index contributed by atoms with van der Waals surface area (Å²) in [5, 5.41) is 0.673. The van der Waals surface area contributed by atoms with Crippen LogP contribution in [0.5, 0.6) is 0 Å². The van der Waals surface area contributed by atoms with E-state index in [0.29, 0.717) is 5.15 Å². The molecule has 4 heteroatoms. The number of imidazole rings is 1. The highest BCUT2D eigenvalue weighted by Gasteiger charge is 2.12. The Labute approximate surface area is 119 Å². The van der Waals surface area contributed by atoms with Crippen LogP contribution in [0.2, 0.25) is 5.15 Å². The predicted octanol–water partition coefficient (Wildman–Crippen LogP) is 3.72. The van der Waals surface area contributed by atoms with E-state index in [1.54, 1.807) is 6.20 Å². The zero-order chi connectivity index (χ0) is 14.0. The average molecular weight is 278 g/mol. The summed E-state index contributed by atoms with van der Waals surface area (Å²) in [7, 11) is 1.94. The van der Waals surface area contributed by atoms with Gasteiger partial charge in [-0.3, -0.25) is 0 Å². The second-order valence-corrected chi connectivity index (χ2v) is 5.25. The highest BCUT2D eigenvalue weighted by atomic mass is 35.5. The van der Waals surface area contributed by atoms with Gasteiger partial charge in [0.25, 0.3) is 0 Å². The Morgan fingerprint density at radius 2 is 2.05 bits per heavy atom. The van der Waals surface area contributed by atoms with Gasteiger partial charge in [-0.1, -0.05) is 29.3 Å². The van der Waals surface area contributed by atoms with Crippen LogP contribution in [-0.2, 0) is 13.6 Å². The molecular formula is C15H20ClN3. The summed E-state index contributed by atoms with van der Waals surface area (Å²) >= 11 is 6.04. The molecule has 0 bridgehead atoms. The van der Waals surface area contributed by atoms with Crippen molar-refractivity contribution in [2.75, 3.05) is 11.4 Å². The van der Waals surface area contributed by atoms with E-state index in [1.165, 1.54) is 16.8 Å². The van der Waals surface area contributed by atoms with E-state index in [1.807, 2.05) is 11.6 Å². The summed E-state index contributed by atoms with van der Waals surface area (Å²) in [6, 6.07) is 6.54. The van der Waals surface area contributed by atoms with Crippen LogP contribution < -0.4 is 4.90 Å². The summed E-state index contributed by atoms with van der Waals surface area (Å²) in [5.74, 6) is 0.979. The molecule has 0 amide bonds. The molecule has 0 radical (unpaired) electrons. The first-order chi connectivity index (χ1) is 9.02. The number of anilines is 1. The van der Waals surface area contributed by atoms with Gasteiger partial charge >= 0.3 is 0 Å². The van der Waals surface area contributed by atoms with Crippen molar-refractivity contribution in [3.8, 4) is 0 Å². The summed E-state index contributed by atoms with van der Waals surface area (Å²) in [6.45, 7) is 8.13. The first-order valence-corrected chi connectivity index (χ1v) is 6.89. The lowest BCUT2D eigenvalue weighted by atomic mass is 10.1. The maximum absolute atomic E-state index is 6.04. The molecule has 0 aliphatic heterocycles. The molecule has 1 aromatic carbocycles. The Hall–Kier alpha value is -1.48. The second-order valence-electron chi connectivity index (χ2n) is 4.86. The van der Waals surface area contributed by atoms with E-state index < -0.39 is 0 Å². The van der Waals surface area contributed by atoms with Crippen LogP contribution in [0.3, 0.4) is 0 Å². The highest BCUT2D eigenvalue weighted by molar-refractivity contribution is 6.29. The fourth-order valence-electron chi connectivity index (χ4n) is 2.27. The summed E-state index contributed by atoms with van der Waals surface area (Å²) in [5.41, 5.74) is 3.84. The van der Waals surface area contributed by atoms with Crippen molar-refractivity contribution < 1.29 is 0 Å². The van der Waals surface area contributed by atoms with Crippen LogP contribution in [-0.4, -0.2) is 16.1 Å². The predicted molar refractivity (Wildman–Crippen MR) is 80.9 cm³/mol. The van der Waals surface area contributed by atoms with Gasteiger partial charge in [0.05, 0.1) is 12.7 Å². The Morgan fingerprint density at radius 3 is 2.58 bits per heavy atom.